The Labute approximate surface area is 174 Å². The van der Waals surface area contributed by atoms with Crippen LogP contribution in [0.3, 0.4) is 0 Å². The van der Waals surface area contributed by atoms with Crippen LogP contribution >= 0.6 is 11.3 Å². The summed E-state index contributed by atoms with van der Waals surface area (Å²) in [5, 5.41) is 3.57. The van der Waals surface area contributed by atoms with E-state index in [0.717, 1.165) is 5.56 Å². The summed E-state index contributed by atoms with van der Waals surface area (Å²) in [6, 6.07) is 12.0. The Kier molecular flexibility index (Phi) is 4.11. The first-order valence-electron chi connectivity index (χ1n) is 9.05. The number of urea groups is 1. The number of carbonyl (C=O) groups is 2. The summed E-state index contributed by atoms with van der Waals surface area (Å²) in [6.45, 7) is 1.86. The molecule has 0 bridgehead atoms. The maximum atomic E-state index is 13.0. The lowest BCUT2D eigenvalue weighted by molar-refractivity contribution is 0.100. The molecule has 0 radical (unpaired) electrons. The molecule has 4 aromatic rings. The number of carbonyl (C=O) groups excluding carboxylic acids is 2. The molecule has 1 aliphatic rings. The number of benzene rings is 1. The van der Waals surface area contributed by atoms with Crippen LogP contribution in [0.4, 0.5) is 21.9 Å². The van der Waals surface area contributed by atoms with E-state index in [9.17, 15) is 9.59 Å². The Bertz CT molecular complexity index is 1320. The molecule has 5 rings (SSSR count). The zero-order valence-corrected chi connectivity index (χ0v) is 16.6. The third-order valence-corrected chi connectivity index (χ3v) is 5.83. The highest BCUT2D eigenvalue weighted by Gasteiger charge is 2.34. The lowest BCUT2D eigenvalue weighted by atomic mass is 10.1. The molecule has 1 aromatic carbocycles. The SMILES string of the molecule is Cc1cc(Oc2ccccn2)ccc1N1C(=O)Nc2ccnc3sc(C(N)=O)c1c23. The number of primary amides is 1. The van der Waals surface area contributed by atoms with Crippen molar-refractivity contribution >= 4 is 50.6 Å². The molecule has 0 unspecified atom stereocenters. The van der Waals surface area contributed by atoms with E-state index in [2.05, 4.69) is 15.3 Å². The highest BCUT2D eigenvalue weighted by Crippen LogP contribution is 2.47. The van der Waals surface area contributed by atoms with Crippen molar-refractivity contribution in [3.63, 3.8) is 0 Å². The summed E-state index contributed by atoms with van der Waals surface area (Å²) in [4.78, 5) is 36.0. The smallest absolute Gasteiger partial charge is 0.331 e. The number of amides is 3. The number of nitrogens with two attached hydrogens (primary N) is 1. The van der Waals surface area contributed by atoms with Crippen LogP contribution in [0.1, 0.15) is 15.2 Å². The van der Waals surface area contributed by atoms with Gasteiger partial charge in [-0.3, -0.25) is 9.69 Å². The number of pyridine rings is 2. The van der Waals surface area contributed by atoms with Gasteiger partial charge in [0, 0.05) is 18.5 Å². The Morgan fingerprint density at radius 1 is 1.17 bits per heavy atom. The van der Waals surface area contributed by atoms with Crippen molar-refractivity contribution in [3.05, 3.63) is 65.3 Å². The maximum absolute atomic E-state index is 13.0. The Morgan fingerprint density at radius 3 is 2.77 bits per heavy atom. The topological polar surface area (TPSA) is 110 Å². The fourth-order valence-corrected chi connectivity index (χ4v) is 4.47. The van der Waals surface area contributed by atoms with E-state index in [1.165, 1.54) is 16.2 Å². The van der Waals surface area contributed by atoms with Gasteiger partial charge in [-0.2, -0.15) is 0 Å². The molecule has 0 spiro atoms. The molecule has 1 aliphatic heterocycles. The number of aromatic nitrogens is 2. The quantitative estimate of drug-likeness (QED) is 0.505. The van der Waals surface area contributed by atoms with Gasteiger partial charge in [0.1, 0.15) is 15.5 Å². The van der Waals surface area contributed by atoms with E-state index in [0.29, 0.717) is 38.9 Å². The van der Waals surface area contributed by atoms with E-state index >= 15 is 0 Å². The van der Waals surface area contributed by atoms with Crippen molar-refractivity contribution in [1.82, 2.24) is 9.97 Å². The molecule has 8 nitrogen and oxygen atoms in total. The first-order chi connectivity index (χ1) is 14.5. The zero-order valence-electron chi connectivity index (χ0n) is 15.7. The predicted octanol–water partition coefficient (Wildman–Crippen LogP) is 4.57. The lowest BCUT2D eigenvalue weighted by Gasteiger charge is -2.29. The van der Waals surface area contributed by atoms with E-state index in [1.54, 1.807) is 42.7 Å². The van der Waals surface area contributed by atoms with Gasteiger partial charge in [-0.1, -0.05) is 6.07 Å². The summed E-state index contributed by atoms with van der Waals surface area (Å²) in [5.74, 6) is 0.447. The number of ether oxygens (including phenoxy) is 1. The number of hydrogen-bond acceptors (Lipinski definition) is 6. The van der Waals surface area contributed by atoms with Crippen molar-refractivity contribution in [2.45, 2.75) is 6.92 Å². The number of thiophene rings is 1. The maximum Gasteiger partial charge on any atom is 0.331 e. The van der Waals surface area contributed by atoms with E-state index < -0.39 is 5.91 Å². The summed E-state index contributed by atoms with van der Waals surface area (Å²) in [7, 11) is 0. The summed E-state index contributed by atoms with van der Waals surface area (Å²) < 4.78 is 5.78. The largest absolute Gasteiger partial charge is 0.439 e. The molecular weight excluding hydrogens is 402 g/mol. The Balaban J connectivity index is 1.62. The van der Waals surface area contributed by atoms with Crippen LogP contribution < -0.4 is 20.7 Å². The summed E-state index contributed by atoms with van der Waals surface area (Å²) >= 11 is 1.17. The van der Waals surface area contributed by atoms with Gasteiger partial charge in [0.15, 0.2) is 0 Å². The van der Waals surface area contributed by atoms with Gasteiger partial charge in [-0.25, -0.2) is 14.8 Å². The first-order valence-corrected chi connectivity index (χ1v) is 9.86. The van der Waals surface area contributed by atoms with E-state index in [-0.39, 0.29) is 10.9 Å². The van der Waals surface area contributed by atoms with Crippen LogP contribution in [0.2, 0.25) is 0 Å². The van der Waals surface area contributed by atoms with Crippen LogP contribution in [0.25, 0.3) is 10.2 Å². The number of nitrogens with one attached hydrogen (secondary N) is 1. The second-order valence-electron chi connectivity index (χ2n) is 6.67. The summed E-state index contributed by atoms with van der Waals surface area (Å²) in [5.41, 5.74) is 8.07. The third-order valence-electron chi connectivity index (χ3n) is 4.73. The summed E-state index contributed by atoms with van der Waals surface area (Å²) in [6.07, 6.45) is 3.24. The van der Waals surface area contributed by atoms with E-state index in [1.807, 2.05) is 19.1 Å². The molecule has 0 aliphatic carbocycles. The van der Waals surface area contributed by atoms with E-state index in [4.69, 9.17) is 10.5 Å². The Morgan fingerprint density at radius 2 is 2.03 bits per heavy atom. The Hall–Kier alpha value is -3.98. The molecular formula is C21H15N5O3S. The molecule has 0 saturated carbocycles. The molecule has 3 amide bonds. The van der Waals surface area contributed by atoms with Crippen molar-refractivity contribution in [2.75, 3.05) is 10.2 Å². The minimum Gasteiger partial charge on any atom is -0.439 e. The third kappa shape index (κ3) is 2.83. The van der Waals surface area contributed by atoms with Gasteiger partial charge in [-0.05, 0) is 42.8 Å². The number of hydrogen-bond donors (Lipinski definition) is 2. The van der Waals surface area contributed by atoms with Gasteiger partial charge < -0.3 is 15.8 Å². The second-order valence-corrected chi connectivity index (χ2v) is 7.67. The van der Waals surface area contributed by atoms with Crippen molar-refractivity contribution in [3.8, 4) is 11.6 Å². The van der Waals surface area contributed by atoms with Crippen LogP contribution in [0, 0.1) is 6.92 Å². The number of rotatable bonds is 4. The van der Waals surface area contributed by atoms with Crippen LogP contribution in [0.15, 0.2) is 54.9 Å². The highest BCUT2D eigenvalue weighted by atomic mass is 32.1. The highest BCUT2D eigenvalue weighted by molar-refractivity contribution is 7.21. The van der Waals surface area contributed by atoms with Crippen LogP contribution in [-0.2, 0) is 0 Å². The molecule has 3 N–H and O–H groups in total. The number of anilines is 3. The minimum absolute atomic E-state index is 0.285. The molecule has 4 heterocycles. The molecule has 148 valence electrons. The first kappa shape index (κ1) is 18.1. The lowest BCUT2D eigenvalue weighted by Crippen LogP contribution is -2.35. The monoisotopic (exact) mass is 417 g/mol. The normalized spacial score (nSPS) is 12.7. The molecule has 0 fully saturated rings. The van der Waals surface area contributed by atoms with Crippen molar-refractivity contribution in [2.24, 2.45) is 5.73 Å². The van der Waals surface area contributed by atoms with Crippen molar-refractivity contribution in [1.29, 1.82) is 0 Å². The molecule has 9 heteroatoms. The van der Waals surface area contributed by atoms with Gasteiger partial charge in [0.05, 0.1) is 22.4 Å². The fourth-order valence-electron chi connectivity index (χ4n) is 3.46. The predicted molar refractivity (Wildman–Crippen MR) is 115 cm³/mol. The van der Waals surface area contributed by atoms with Crippen molar-refractivity contribution < 1.29 is 14.3 Å². The number of nitrogens with zero attached hydrogens (tertiary/aromatic N) is 3. The second kappa shape index (κ2) is 6.82. The van der Waals surface area contributed by atoms with Gasteiger partial charge in [-0.15, -0.1) is 11.3 Å². The average Bonchev–Trinajstić information content (AvgIpc) is 3.11. The standard InChI is InChI=1S/C21H15N5O3S/c1-11-10-12(29-15-4-2-3-8-23-15)5-6-14(11)26-17-16-13(25-21(26)28)7-9-24-20(16)30-18(17)19(22)27/h2-10H,1H3,(H2,22,27)(H,25,28). The molecule has 30 heavy (non-hydrogen) atoms. The number of aryl methyl sites for hydroxylation is 1. The van der Waals surface area contributed by atoms with Crippen LogP contribution in [-0.4, -0.2) is 21.9 Å². The van der Waals surface area contributed by atoms with Gasteiger partial charge in [0.2, 0.25) is 5.88 Å². The molecule has 0 saturated heterocycles. The molecule has 3 aromatic heterocycles. The average molecular weight is 417 g/mol. The molecule has 0 atom stereocenters. The van der Waals surface area contributed by atoms with Gasteiger partial charge >= 0.3 is 6.03 Å². The fraction of sp³-hybridized carbons (Fsp3) is 0.0476. The van der Waals surface area contributed by atoms with Gasteiger partial charge in [0.25, 0.3) is 5.91 Å². The van der Waals surface area contributed by atoms with Crippen LogP contribution in [0.5, 0.6) is 11.6 Å². The minimum atomic E-state index is -0.605. The zero-order chi connectivity index (χ0) is 20.8.